The van der Waals surface area contributed by atoms with Gasteiger partial charge in [-0.05, 0) is 93.8 Å². The van der Waals surface area contributed by atoms with Crippen molar-refractivity contribution in [2.45, 2.75) is 90.7 Å². The second-order valence-electron chi connectivity index (χ2n) is 11.4. The lowest BCUT2D eigenvalue weighted by molar-refractivity contribution is -0.118. The van der Waals surface area contributed by atoms with E-state index in [1.165, 1.54) is 24.0 Å². The minimum atomic E-state index is -0.588. The van der Waals surface area contributed by atoms with E-state index in [9.17, 15) is 15.0 Å². The summed E-state index contributed by atoms with van der Waals surface area (Å²) in [4.78, 5) is 12.6. The molecule has 0 aromatic rings. The monoisotopic (exact) mass is 401 g/mol. The average Bonchev–Trinajstić information content (AvgIpc) is 2.98. The molecule has 0 aromatic heterocycles. The maximum absolute atomic E-state index is 12.6. The molecule has 0 heterocycles. The number of aliphatic hydroxyl groups excluding tert-OH is 2. The molecule has 3 saturated carbocycles. The standard InChI is InChI=1S/C25H39NO3/c1-23(2,15-27)26-22(29)14-17-6-8-20-19-7-5-16-13-18(28)9-11-24(16,3)21(19)10-12-25(17,20)4/h5,14,18-21,27-28H,6-13,15H2,1-4H3,(H,26,29)/b17-14-/t18-,19-,20-,21-,24-,25+/m0/s1. The van der Waals surface area contributed by atoms with Gasteiger partial charge in [0.25, 0.3) is 0 Å². The summed E-state index contributed by atoms with van der Waals surface area (Å²) in [6.45, 7) is 8.49. The normalized spacial score (nSPS) is 43.2. The summed E-state index contributed by atoms with van der Waals surface area (Å²) in [6.07, 6.45) is 12.8. The van der Waals surface area contributed by atoms with Crippen molar-refractivity contribution >= 4 is 5.91 Å². The molecule has 3 N–H and O–H groups in total. The Morgan fingerprint density at radius 3 is 2.62 bits per heavy atom. The number of rotatable bonds is 3. The molecule has 3 fully saturated rings. The number of nitrogens with one attached hydrogen (secondary N) is 1. The summed E-state index contributed by atoms with van der Waals surface area (Å²) in [5, 5.41) is 22.6. The van der Waals surface area contributed by atoms with Gasteiger partial charge in [-0.1, -0.05) is 31.1 Å². The van der Waals surface area contributed by atoms with Crippen LogP contribution in [0.5, 0.6) is 0 Å². The van der Waals surface area contributed by atoms with Gasteiger partial charge in [-0.15, -0.1) is 0 Å². The summed E-state index contributed by atoms with van der Waals surface area (Å²) in [6, 6.07) is 0. The van der Waals surface area contributed by atoms with Crippen LogP contribution >= 0.6 is 0 Å². The fourth-order valence-corrected chi connectivity index (χ4v) is 7.29. The maximum Gasteiger partial charge on any atom is 0.244 e. The SMILES string of the molecule is CC(C)(CO)NC(=O)/C=C1/CC[C@H]2[C@@H]3CC=C4C[C@@H](O)CC[C@]4(C)[C@H]3CC[C@]12C. The molecular weight excluding hydrogens is 362 g/mol. The van der Waals surface area contributed by atoms with Crippen LogP contribution in [0, 0.1) is 28.6 Å². The molecule has 4 aliphatic rings. The number of carbonyl (C=O) groups is 1. The molecule has 4 nitrogen and oxygen atoms in total. The van der Waals surface area contributed by atoms with Gasteiger partial charge in [-0.2, -0.15) is 0 Å². The molecule has 6 atom stereocenters. The van der Waals surface area contributed by atoms with Gasteiger partial charge in [0.1, 0.15) is 0 Å². The molecule has 29 heavy (non-hydrogen) atoms. The van der Waals surface area contributed by atoms with E-state index in [2.05, 4.69) is 25.2 Å². The van der Waals surface area contributed by atoms with Crippen molar-refractivity contribution < 1.29 is 15.0 Å². The number of aliphatic hydroxyl groups is 2. The van der Waals surface area contributed by atoms with Crippen LogP contribution in [0.25, 0.3) is 0 Å². The topological polar surface area (TPSA) is 69.6 Å². The third-order valence-electron chi connectivity index (χ3n) is 9.09. The zero-order chi connectivity index (χ0) is 21.0. The summed E-state index contributed by atoms with van der Waals surface area (Å²) in [5.41, 5.74) is 2.62. The van der Waals surface area contributed by atoms with Crippen molar-refractivity contribution in [2.24, 2.45) is 28.6 Å². The van der Waals surface area contributed by atoms with E-state index in [4.69, 9.17) is 0 Å². The van der Waals surface area contributed by atoms with E-state index >= 15 is 0 Å². The van der Waals surface area contributed by atoms with Crippen molar-refractivity contribution in [3.63, 3.8) is 0 Å². The quantitative estimate of drug-likeness (QED) is 0.492. The van der Waals surface area contributed by atoms with Crippen LogP contribution in [0.3, 0.4) is 0 Å². The van der Waals surface area contributed by atoms with Gasteiger partial charge in [0, 0.05) is 6.08 Å². The lowest BCUT2D eigenvalue weighted by atomic mass is 9.48. The first-order chi connectivity index (χ1) is 13.6. The Morgan fingerprint density at radius 1 is 1.21 bits per heavy atom. The zero-order valence-corrected chi connectivity index (χ0v) is 18.6. The third-order valence-corrected chi connectivity index (χ3v) is 9.09. The molecule has 0 aromatic carbocycles. The number of amides is 1. The predicted octanol–water partition coefficient (Wildman–Crippen LogP) is 4.12. The van der Waals surface area contributed by atoms with Crippen LogP contribution in [0.15, 0.2) is 23.3 Å². The Hall–Kier alpha value is -1.13. The Kier molecular flexibility index (Phi) is 5.26. The van der Waals surface area contributed by atoms with Crippen LogP contribution in [0.1, 0.15) is 79.1 Å². The molecule has 0 spiro atoms. The van der Waals surface area contributed by atoms with Crippen LogP contribution in [-0.2, 0) is 4.79 Å². The molecule has 0 unspecified atom stereocenters. The number of hydrogen-bond donors (Lipinski definition) is 3. The molecule has 4 rings (SSSR count). The summed E-state index contributed by atoms with van der Waals surface area (Å²) >= 11 is 0. The highest BCUT2D eigenvalue weighted by Gasteiger charge is 2.57. The molecule has 0 aliphatic heterocycles. The number of hydrogen-bond acceptors (Lipinski definition) is 3. The molecule has 0 radical (unpaired) electrons. The molecule has 0 bridgehead atoms. The Morgan fingerprint density at radius 2 is 1.90 bits per heavy atom. The summed E-state index contributed by atoms with van der Waals surface area (Å²) in [5.74, 6) is 1.99. The van der Waals surface area contributed by atoms with Crippen molar-refractivity contribution in [3.05, 3.63) is 23.3 Å². The van der Waals surface area contributed by atoms with Crippen LogP contribution in [-0.4, -0.2) is 34.4 Å². The van der Waals surface area contributed by atoms with E-state index in [0.717, 1.165) is 44.4 Å². The maximum atomic E-state index is 12.6. The summed E-state index contributed by atoms with van der Waals surface area (Å²) in [7, 11) is 0. The van der Waals surface area contributed by atoms with Crippen LogP contribution < -0.4 is 5.32 Å². The Balaban J connectivity index is 1.56. The van der Waals surface area contributed by atoms with Gasteiger partial charge in [0.05, 0.1) is 18.2 Å². The first-order valence-corrected chi connectivity index (χ1v) is 11.6. The van der Waals surface area contributed by atoms with Crippen molar-refractivity contribution in [1.82, 2.24) is 5.32 Å². The van der Waals surface area contributed by atoms with Gasteiger partial charge in [-0.25, -0.2) is 0 Å². The minimum absolute atomic E-state index is 0.0620. The largest absolute Gasteiger partial charge is 0.394 e. The van der Waals surface area contributed by atoms with E-state index in [0.29, 0.717) is 11.8 Å². The average molecular weight is 402 g/mol. The van der Waals surface area contributed by atoms with Crippen molar-refractivity contribution in [3.8, 4) is 0 Å². The fourth-order valence-electron chi connectivity index (χ4n) is 7.29. The molecule has 1 amide bonds. The van der Waals surface area contributed by atoms with Crippen molar-refractivity contribution in [1.29, 1.82) is 0 Å². The second kappa shape index (κ2) is 7.23. The first kappa shape index (κ1) is 21.1. The summed E-state index contributed by atoms with van der Waals surface area (Å²) < 4.78 is 0. The van der Waals surface area contributed by atoms with Crippen LogP contribution in [0.2, 0.25) is 0 Å². The number of carbonyl (C=O) groups excluding carboxylic acids is 1. The molecular formula is C25H39NO3. The lowest BCUT2D eigenvalue weighted by Crippen LogP contribution is -2.49. The fraction of sp³-hybridized carbons (Fsp3) is 0.800. The minimum Gasteiger partial charge on any atom is -0.394 e. The third kappa shape index (κ3) is 3.50. The second-order valence-corrected chi connectivity index (χ2v) is 11.4. The number of allylic oxidation sites excluding steroid dienone is 2. The van der Waals surface area contributed by atoms with Gasteiger partial charge in [0.15, 0.2) is 0 Å². The predicted molar refractivity (Wildman–Crippen MR) is 115 cm³/mol. The molecule has 162 valence electrons. The first-order valence-electron chi connectivity index (χ1n) is 11.6. The molecule has 4 aliphatic carbocycles. The zero-order valence-electron chi connectivity index (χ0n) is 18.6. The highest BCUT2D eigenvalue weighted by Crippen LogP contribution is 2.66. The van der Waals surface area contributed by atoms with Gasteiger partial charge >= 0.3 is 0 Å². The highest BCUT2D eigenvalue weighted by molar-refractivity contribution is 5.89. The van der Waals surface area contributed by atoms with E-state index in [-0.39, 0.29) is 29.4 Å². The van der Waals surface area contributed by atoms with Crippen LogP contribution in [0.4, 0.5) is 0 Å². The Bertz CT molecular complexity index is 738. The van der Waals surface area contributed by atoms with Gasteiger partial charge in [-0.3, -0.25) is 4.79 Å². The van der Waals surface area contributed by atoms with Gasteiger partial charge < -0.3 is 15.5 Å². The van der Waals surface area contributed by atoms with E-state index in [1.54, 1.807) is 0 Å². The number of fused-ring (bicyclic) bond motifs is 5. The Labute approximate surface area is 175 Å². The smallest absolute Gasteiger partial charge is 0.244 e. The highest BCUT2D eigenvalue weighted by atomic mass is 16.3. The molecule has 4 heteroatoms. The lowest BCUT2D eigenvalue weighted by Gasteiger charge is -2.57. The van der Waals surface area contributed by atoms with E-state index in [1.807, 2.05) is 19.9 Å². The van der Waals surface area contributed by atoms with Crippen molar-refractivity contribution in [2.75, 3.05) is 6.61 Å². The molecule has 0 saturated heterocycles. The van der Waals surface area contributed by atoms with E-state index < -0.39 is 5.54 Å². The van der Waals surface area contributed by atoms with Gasteiger partial charge in [0.2, 0.25) is 5.91 Å².